The second-order valence-electron chi connectivity index (χ2n) is 4.20. The van der Waals surface area contributed by atoms with Crippen molar-refractivity contribution in [2.45, 2.75) is 13.0 Å². The fourth-order valence-electron chi connectivity index (χ4n) is 1.60. The predicted octanol–water partition coefficient (Wildman–Crippen LogP) is 2.59. The van der Waals surface area contributed by atoms with Crippen molar-refractivity contribution in [1.29, 1.82) is 0 Å². The van der Waals surface area contributed by atoms with Crippen molar-refractivity contribution >= 4 is 28.8 Å². The molecule has 2 aromatic heterocycles. The smallest absolute Gasteiger partial charge is 0.252 e. The van der Waals surface area contributed by atoms with Crippen LogP contribution in [0.4, 0.5) is 0 Å². The number of aryl methyl sites for hydroxylation is 1. The van der Waals surface area contributed by atoms with E-state index in [2.05, 4.69) is 5.32 Å². The van der Waals surface area contributed by atoms with Crippen LogP contribution in [0.15, 0.2) is 35.3 Å². The molecule has 0 fully saturated rings. The van der Waals surface area contributed by atoms with E-state index in [-0.39, 0.29) is 17.5 Å². The zero-order valence-electron chi connectivity index (χ0n) is 10.5. The van der Waals surface area contributed by atoms with Gasteiger partial charge in [-0.2, -0.15) is 0 Å². The van der Waals surface area contributed by atoms with Gasteiger partial charge in [0, 0.05) is 29.8 Å². The van der Waals surface area contributed by atoms with Gasteiger partial charge in [0.1, 0.15) is 0 Å². The SMILES string of the molecule is C[C@H](NC(=O)c1ccn(C)c(=O)c1)c1ccc(Cl)s1. The Bertz CT molecular complexity index is 663. The highest BCUT2D eigenvalue weighted by molar-refractivity contribution is 7.16. The van der Waals surface area contributed by atoms with Gasteiger partial charge in [0.25, 0.3) is 11.5 Å². The van der Waals surface area contributed by atoms with Gasteiger partial charge >= 0.3 is 0 Å². The Morgan fingerprint density at radius 2 is 2.16 bits per heavy atom. The zero-order valence-corrected chi connectivity index (χ0v) is 12.1. The summed E-state index contributed by atoms with van der Waals surface area (Å²) in [5.74, 6) is -0.269. The summed E-state index contributed by atoms with van der Waals surface area (Å²) in [6.45, 7) is 1.88. The van der Waals surface area contributed by atoms with Gasteiger partial charge in [0.2, 0.25) is 0 Å². The van der Waals surface area contributed by atoms with E-state index in [0.717, 1.165) is 4.88 Å². The molecule has 0 aliphatic carbocycles. The maximum atomic E-state index is 12.0. The summed E-state index contributed by atoms with van der Waals surface area (Å²) in [5, 5.41) is 2.84. The molecular weight excluding hydrogens is 284 g/mol. The maximum Gasteiger partial charge on any atom is 0.252 e. The second kappa shape index (κ2) is 5.59. The van der Waals surface area contributed by atoms with E-state index in [1.807, 2.05) is 13.0 Å². The molecule has 0 aliphatic rings. The number of hydrogen-bond donors (Lipinski definition) is 1. The Kier molecular flexibility index (Phi) is 4.07. The lowest BCUT2D eigenvalue weighted by atomic mass is 10.2. The first-order chi connectivity index (χ1) is 8.97. The molecule has 0 bridgehead atoms. The lowest BCUT2D eigenvalue weighted by Crippen LogP contribution is -2.28. The van der Waals surface area contributed by atoms with E-state index in [1.165, 1.54) is 22.0 Å². The van der Waals surface area contributed by atoms with Crippen LogP contribution in [0, 0.1) is 0 Å². The van der Waals surface area contributed by atoms with Crippen molar-refractivity contribution in [3.8, 4) is 0 Å². The Labute approximate surface area is 119 Å². The lowest BCUT2D eigenvalue weighted by Gasteiger charge is -2.12. The number of nitrogens with one attached hydrogen (secondary N) is 1. The summed E-state index contributed by atoms with van der Waals surface area (Å²) in [5.41, 5.74) is 0.150. The van der Waals surface area contributed by atoms with Crippen molar-refractivity contribution in [3.63, 3.8) is 0 Å². The monoisotopic (exact) mass is 296 g/mol. The number of carbonyl (C=O) groups excluding carboxylic acids is 1. The molecule has 1 atom stereocenters. The summed E-state index contributed by atoms with van der Waals surface area (Å²) in [7, 11) is 1.64. The van der Waals surface area contributed by atoms with E-state index in [4.69, 9.17) is 11.6 Å². The number of nitrogens with zero attached hydrogens (tertiary/aromatic N) is 1. The summed E-state index contributed by atoms with van der Waals surface area (Å²) in [6.07, 6.45) is 1.57. The fraction of sp³-hybridized carbons (Fsp3) is 0.231. The quantitative estimate of drug-likeness (QED) is 0.946. The van der Waals surface area contributed by atoms with Gasteiger partial charge in [-0.25, -0.2) is 0 Å². The first-order valence-corrected chi connectivity index (χ1v) is 6.89. The third-order valence-electron chi connectivity index (χ3n) is 2.73. The molecule has 0 aliphatic heterocycles. The highest BCUT2D eigenvalue weighted by atomic mass is 35.5. The summed E-state index contributed by atoms with van der Waals surface area (Å²) >= 11 is 7.28. The minimum atomic E-state index is -0.269. The number of thiophene rings is 1. The minimum absolute atomic E-state index is 0.144. The molecule has 0 spiro atoms. The minimum Gasteiger partial charge on any atom is -0.345 e. The first kappa shape index (κ1) is 13.8. The molecule has 0 radical (unpaired) electrons. The number of amides is 1. The summed E-state index contributed by atoms with van der Waals surface area (Å²) in [6, 6.07) is 6.47. The maximum absolute atomic E-state index is 12.0. The van der Waals surface area contributed by atoms with Crippen molar-refractivity contribution in [2.75, 3.05) is 0 Å². The number of hydrogen-bond acceptors (Lipinski definition) is 3. The Balaban J connectivity index is 2.12. The summed E-state index contributed by atoms with van der Waals surface area (Å²) in [4.78, 5) is 24.5. The van der Waals surface area contributed by atoms with Gasteiger partial charge in [-0.05, 0) is 25.1 Å². The Morgan fingerprint density at radius 1 is 1.42 bits per heavy atom. The predicted molar refractivity (Wildman–Crippen MR) is 76.9 cm³/mol. The van der Waals surface area contributed by atoms with E-state index >= 15 is 0 Å². The highest BCUT2D eigenvalue weighted by Crippen LogP contribution is 2.26. The van der Waals surface area contributed by atoms with Crippen LogP contribution in [-0.4, -0.2) is 10.5 Å². The fourth-order valence-corrected chi connectivity index (χ4v) is 2.67. The van der Waals surface area contributed by atoms with Crippen LogP contribution >= 0.6 is 22.9 Å². The standard InChI is InChI=1S/C13H13ClN2O2S/c1-8(10-3-4-11(14)19-10)15-13(18)9-5-6-16(2)12(17)7-9/h3-8H,1-2H3,(H,15,18)/t8-/m0/s1. The molecule has 2 heterocycles. The molecule has 0 saturated heterocycles. The van der Waals surface area contributed by atoms with Gasteiger partial charge in [0.05, 0.1) is 10.4 Å². The molecule has 4 nitrogen and oxygen atoms in total. The topological polar surface area (TPSA) is 51.1 Å². The molecule has 0 saturated carbocycles. The first-order valence-electron chi connectivity index (χ1n) is 5.70. The normalized spacial score (nSPS) is 12.2. The number of halogens is 1. The largest absolute Gasteiger partial charge is 0.345 e. The van der Waals surface area contributed by atoms with Crippen molar-refractivity contribution in [2.24, 2.45) is 7.05 Å². The number of aromatic nitrogens is 1. The van der Waals surface area contributed by atoms with E-state index < -0.39 is 0 Å². The van der Waals surface area contributed by atoms with Crippen LogP contribution in [0.1, 0.15) is 28.2 Å². The number of rotatable bonds is 3. The van der Waals surface area contributed by atoms with Crippen molar-refractivity contribution < 1.29 is 4.79 Å². The van der Waals surface area contributed by atoms with Gasteiger partial charge < -0.3 is 9.88 Å². The van der Waals surface area contributed by atoms with Gasteiger partial charge in [0.15, 0.2) is 0 Å². The van der Waals surface area contributed by atoms with Gasteiger partial charge in [-0.1, -0.05) is 11.6 Å². The molecular formula is C13H13ClN2O2S. The molecule has 1 amide bonds. The van der Waals surface area contributed by atoms with Crippen LogP contribution in [0.3, 0.4) is 0 Å². The lowest BCUT2D eigenvalue weighted by molar-refractivity contribution is 0.0940. The zero-order chi connectivity index (χ0) is 14.0. The van der Waals surface area contributed by atoms with Crippen LogP contribution in [-0.2, 0) is 7.05 Å². The van der Waals surface area contributed by atoms with Crippen LogP contribution in [0.5, 0.6) is 0 Å². The van der Waals surface area contributed by atoms with E-state index in [1.54, 1.807) is 25.4 Å². The van der Waals surface area contributed by atoms with Gasteiger partial charge in [-0.3, -0.25) is 9.59 Å². The Hall–Kier alpha value is -1.59. The molecule has 2 rings (SSSR count). The van der Waals surface area contributed by atoms with Crippen molar-refractivity contribution in [1.82, 2.24) is 9.88 Å². The average Bonchev–Trinajstić information content (AvgIpc) is 2.79. The Morgan fingerprint density at radius 3 is 2.74 bits per heavy atom. The van der Waals surface area contributed by atoms with Crippen LogP contribution in [0.2, 0.25) is 4.34 Å². The third-order valence-corrected chi connectivity index (χ3v) is 4.15. The number of carbonyl (C=O) groups is 1. The molecule has 100 valence electrons. The molecule has 0 unspecified atom stereocenters. The van der Waals surface area contributed by atoms with E-state index in [9.17, 15) is 9.59 Å². The number of pyridine rings is 1. The average molecular weight is 297 g/mol. The second-order valence-corrected chi connectivity index (χ2v) is 5.95. The van der Waals surface area contributed by atoms with E-state index in [0.29, 0.717) is 9.90 Å². The molecule has 0 aromatic carbocycles. The third kappa shape index (κ3) is 3.24. The highest BCUT2D eigenvalue weighted by Gasteiger charge is 2.13. The summed E-state index contributed by atoms with van der Waals surface area (Å²) < 4.78 is 2.10. The van der Waals surface area contributed by atoms with Crippen LogP contribution < -0.4 is 10.9 Å². The van der Waals surface area contributed by atoms with Gasteiger partial charge in [-0.15, -0.1) is 11.3 Å². The molecule has 1 N–H and O–H groups in total. The molecule has 19 heavy (non-hydrogen) atoms. The molecule has 6 heteroatoms. The van der Waals surface area contributed by atoms with Crippen LogP contribution in [0.25, 0.3) is 0 Å². The molecule has 2 aromatic rings. The van der Waals surface area contributed by atoms with Crippen molar-refractivity contribution in [3.05, 3.63) is 55.6 Å².